The van der Waals surface area contributed by atoms with E-state index in [4.69, 9.17) is 23.2 Å². The molecule has 2 atom stereocenters. The van der Waals surface area contributed by atoms with Crippen LogP contribution in [-0.2, 0) is 9.59 Å². The van der Waals surface area contributed by atoms with Crippen LogP contribution < -0.4 is 15.5 Å². The number of amides is 2. The number of carbonyl (C=O) groups excluding carboxylic acids is 2. The highest BCUT2D eigenvalue weighted by Crippen LogP contribution is 2.29. The minimum absolute atomic E-state index is 0.0453. The first-order valence-electron chi connectivity index (χ1n) is 7.74. The van der Waals surface area contributed by atoms with Gasteiger partial charge in [-0.3, -0.25) is 9.59 Å². The van der Waals surface area contributed by atoms with E-state index >= 15 is 0 Å². The van der Waals surface area contributed by atoms with Gasteiger partial charge in [-0.15, -0.1) is 11.3 Å². The molecule has 0 bridgehead atoms. The molecule has 1 aromatic heterocycles. The molecule has 1 aromatic carbocycles. The number of anilines is 1. The SMILES string of the molecule is C[C@@H](NC(=O)C[NH+](C)CC(=O)Nc1c(Cl)cccc1Cl)c1cccs1. The minimum Gasteiger partial charge on any atom is -0.344 e. The summed E-state index contributed by atoms with van der Waals surface area (Å²) in [4.78, 5) is 26.1. The van der Waals surface area contributed by atoms with Crippen LogP contribution in [0.15, 0.2) is 35.7 Å². The van der Waals surface area contributed by atoms with Crippen molar-refractivity contribution in [3.63, 3.8) is 0 Å². The zero-order chi connectivity index (χ0) is 18.4. The van der Waals surface area contributed by atoms with Crippen LogP contribution in [0.1, 0.15) is 17.8 Å². The maximum Gasteiger partial charge on any atom is 0.279 e. The Bertz CT molecular complexity index is 717. The summed E-state index contributed by atoms with van der Waals surface area (Å²) in [6.45, 7) is 2.26. The largest absolute Gasteiger partial charge is 0.344 e. The predicted molar refractivity (Wildman–Crippen MR) is 103 cm³/mol. The summed E-state index contributed by atoms with van der Waals surface area (Å²) < 4.78 is 0. The lowest BCUT2D eigenvalue weighted by Gasteiger charge is -2.16. The molecule has 0 saturated carbocycles. The van der Waals surface area contributed by atoms with Gasteiger partial charge in [0, 0.05) is 4.88 Å². The Kier molecular flexibility index (Phi) is 7.25. The smallest absolute Gasteiger partial charge is 0.279 e. The minimum atomic E-state index is -0.258. The van der Waals surface area contributed by atoms with Crippen molar-refractivity contribution in [2.24, 2.45) is 0 Å². The maximum absolute atomic E-state index is 12.1. The summed E-state index contributed by atoms with van der Waals surface area (Å²) in [6, 6.07) is 8.89. The van der Waals surface area contributed by atoms with Crippen molar-refractivity contribution in [2.75, 3.05) is 25.5 Å². The summed E-state index contributed by atoms with van der Waals surface area (Å²) in [6.07, 6.45) is 0. The van der Waals surface area contributed by atoms with Crippen LogP contribution >= 0.6 is 34.5 Å². The van der Waals surface area contributed by atoms with E-state index in [2.05, 4.69) is 10.6 Å². The summed E-state index contributed by atoms with van der Waals surface area (Å²) in [5.74, 6) is -0.367. The number of benzene rings is 1. The Morgan fingerprint density at radius 1 is 1.12 bits per heavy atom. The summed E-state index contributed by atoms with van der Waals surface area (Å²) in [7, 11) is 1.78. The molecule has 0 radical (unpaired) electrons. The fraction of sp³-hybridized carbons (Fsp3) is 0.294. The fourth-order valence-electron chi connectivity index (χ4n) is 2.31. The number of hydrogen-bond acceptors (Lipinski definition) is 3. The van der Waals surface area contributed by atoms with E-state index in [1.807, 2.05) is 24.4 Å². The van der Waals surface area contributed by atoms with E-state index in [1.165, 1.54) is 0 Å². The van der Waals surface area contributed by atoms with Crippen LogP contribution in [0.2, 0.25) is 10.0 Å². The molecule has 0 saturated heterocycles. The van der Waals surface area contributed by atoms with Gasteiger partial charge in [0.1, 0.15) is 0 Å². The molecule has 0 aliphatic carbocycles. The third-order valence-corrected chi connectivity index (χ3v) is 5.18. The number of likely N-dealkylation sites (N-methyl/N-ethyl adjacent to an activating group) is 1. The van der Waals surface area contributed by atoms with E-state index in [0.29, 0.717) is 15.7 Å². The lowest BCUT2D eigenvalue weighted by molar-refractivity contribution is -0.862. The number of quaternary nitrogens is 1. The van der Waals surface area contributed by atoms with Crippen molar-refractivity contribution in [2.45, 2.75) is 13.0 Å². The van der Waals surface area contributed by atoms with E-state index in [0.717, 1.165) is 9.78 Å². The molecular weight excluding hydrogens is 381 g/mol. The Morgan fingerprint density at radius 3 is 2.36 bits per heavy atom. The molecule has 0 aliphatic rings. The Morgan fingerprint density at radius 2 is 1.76 bits per heavy atom. The molecule has 8 heteroatoms. The predicted octanol–water partition coefficient (Wildman–Crippen LogP) is 2.39. The Labute approximate surface area is 160 Å². The summed E-state index contributed by atoms with van der Waals surface area (Å²) >= 11 is 13.7. The van der Waals surface area contributed by atoms with Gasteiger partial charge in [-0.2, -0.15) is 0 Å². The molecule has 2 rings (SSSR count). The Balaban J connectivity index is 1.82. The third kappa shape index (κ3) is 6.01. The highest BCUT2D eigenvalue weighted by Gasteiger charge is 2.18. The first-order valence-corrected chi connectivity index (χ1v) is 9.38. The molecule has 3 N–H and O–H groups in total. The molecular formula is C17H20Cl2N3O2S+. The van der Waals surface area contributed by atoms with Crippen molar-refractivity contribution in [3.8, 4) is 0 Å². The van der Waals surface area contributed by atoms with Gasteiger partial charge in [0.05, 0.1) is 28.8 Å². The number of hydrogen-bond donors (Lipinski definition) is 3. The molecule has 1 heterocycles. The quantitative estimate of drug-likeness (QED) is 0.667. The molecule has 5 nitrogen and oxygen atoms in total. The fourth-order valence-corrected chi connectivity index (χ4v) is 3.54. The second kappa shape index (κ2) is 9.20. The van der Waals surface area contributed by atoms with Gasteiger partial charge in [-0.25, -0.2) is 0 Å². The number of thiophene rings is 1. The van der Waals surface area contributed by atoms with E-state index in [9.17, 15) is 9.59 Å². The number of para-hydroxylation sites is 1. The van der Waals surface area contributed by atoms with E-state index < -0.39 is 0 Å². The number of nitrogens with one attached hydrogen (secondary N) is 3. The van der Waals surface area contributed by atoms with Crippen molar-refractivity contribution in [1.82, 2.24) is 5.32 Å². The van der Waals surface area contributed by atoms with Gasteiger partial charge in [0.15, 0.2) is 13.1 Å². The second-order valence-corrected chi connectivity index (χ2v) is 7.55. The highest BCUT2D eigenvalue weighted by molar-refractivity contribution is 7.10. The molecule has 2 aromatic rings. The standard InChI is InChI=1S/C17H19Cl2N3O2S/c1-11(14-7-4-8-25-14)20-15(23)9-22(2)10-16(24)21-17-12(18)5-3-6-13(17)19/h3-8,11H,9-10H2,1-2H3,(H,20,23)(H,21,24)/p+1/t11-/m1/s1. The van der Waals surface area contributed by atoms with Gasteiger partial charge in [0.25, 0.3) is 11.8 Å². The average Bonchev–Trinajstić information content (AvgIpc) is 3.05. The number of carbonyl (C=O) groups is 2. The van der Waals surface area contributed by atoms with Crippen LogP contribution in [0.3, 0.4) is 0 Å². The molecule has 1 unspecified atom stereocenters. The monoisotopic (exact) mass is 400 g/mol. The van der Waals surface area contributed by atoms with E-state index in [-0.39, 0.29) is 30.9 Å². The van der Waals surface area contributed by atoms with Gasteiger partial charge < -0.3 is 15.5 Å². The molecule has 2 amide bonds. The first kappa shape index (κ1) is 19.7. The number of halogens is 2. The summed E-state index contributed by atoms with van der Waals surface area (Å²) in [5.41, 5.74) is 0.388. The normalized spacial score (nSPS) is 13.1. The molecule has 0 fully saturated rings. The van der Waals surface area contributed by atoms with Crippen LogP contribution in [-0.4, -0.2) is 32.0 Å². The second-order valence-electron chi connectivity index (χ2n) is 5.76. The lowest BCUT2D eigenvalue weighted by atomic mass is 10.2. The van der Waals surface area contributed by atoms with Gasteiger partial charge >= 0.3 is 0 Å². The van der Waals surface area contributed by atoms with Crippen LogP contribution in [0.25, 0.3) is 0 Å². The van der Waals surface area contributed by atoms with Crippen LogP contribution in [0.4, 0.5) is 5.69 Å². The van der Waals surface area contributed by atoms with Crippen molar-refractivity contribution in [1.29, 1.82) is 0 Å². The van der Waals surface area contributed by atoms with Crippen molar-refractivity contribution in [3.05, 3.63) is 50.6 Å². The first-order chi connectivity index (χ1) is 11.9. The highest BCUT2D eigenvalue weighted by atomic mass is 35.5. The van der Waals surface area contributed by atoms with E-state index in [1.54, 1.807) is 36.6 Å². The lowest BCUT2D eigenvalue weighted by Crippen LogP contribution is -3.11. The van der Waals surface area contributed by atoms with Crippen molar-refractivity contribution >= 4 is 52.0 Å². The number of rotatable bonds is 7. The topological polar surface area (TPSA) is 62.6 Å². The van der Waals surface area contributed by atoms with Gasteiger partial charge in [-0.05, 0) is 30.5 Å². The molecule has 0 spiro atoms. The maximum atomic E-state index is 12.1. The van der Waals surface area contributed by atoms with Crippen molar-refractivity contribution < 1.29 is 14.5 Å². The third-order valence-electron chi connectivity index (χ3n) is 3.50. The average molecular weight is 401 g/mol. The van der Waals surface area contributed by atoms with Crippen LogP contribution in [0, 0.1) is 0 Å². The van der Waals surface area contributed by atoms with Gasteiger partial charge in [-0.1, -0.05) is 35.3 Å². The van der Waals surface area contributed by atoms with Crippen LogP contribution in [0.5, 0.6) is 0 Å². The zero-order valence-electron chi connectivity index (χ0n) is 13.9. The Hall–Kier alpha value is -1.60. The molecule has 25 heavy (non-hydrogen) atoms. The summed E-state index contributed by atoms with van der Waals surface area (Å²) in [5, 5.41) is 8.35. The zero-order valence-corrected chi connectivity index (χ0v) is 16.3. The molecule has 0 aliphatic heterocycles. The molecule has 134 valence electrons. The van der Waals surface area contributed by atoms with Gasteiger partial charge in [0.2, 0.25) is 0 Å².